The van der Waals surface area contributed by atoms with Crippen molar-refractivity contribution >= 4 is 0 Å². The first kappa shape index (κ1) is 8.21. The van der Waals surface area contributed by atoms with Gasteiger partial charge in [0.25, 0.3) is 0 Å². The summed E-state index contributed by atoms with van der Waals surface area (Å²) in [6.45, 7) is 0.148. The zero-order valence-corrected chi connectivity index (χ0v) is 6.23. The number of rotatable bonds is 3. The Morgan fingerprint density at radius 3 is 2.58 bits per heavy atom. The molecule has 0 aliphatic carbocycles. The molecule has 0 heterocycles. The topological polar surface area (TPSA) is 62.4 Å². The van der Waals surface area contributed by atoms with E-state index >= 15 is 0 Å². The van der Waals surface area contributed by atoms with Crippen molar-refractivity contribution in [3.8, 4) is 6.07 Å². The zero-order valence-electron chi connectivity index (χ0n) is 6.23. The van der Waals surface area contributed by atoms with Crippen LogP contribution in [0.15, 0.2) is 29.6 Å². The zero-order chi connectivity index (χ0) is 8.81. The Labute approximate surface area is 69.3 Å². The Balaban J connectivity index is 2.66. The minimum absolute atomic E-state index is 0.148. The molecule has 1 aromatic carbocycles. The van der Waals surface area contributed by atoms with E-state index in [0.717, 1.165) is 5.56 Å². The van der Waals surface area contributed by atoms with E-state index in [2.05, 4.69) is 10.2 Å². The summed E-state index contributed by atoms with van der Waals surface area (Å²) in [6.07, 6.45) is 0. The van der Waals surface area contributed by atoms with Crippen LogP contribution in [-0.2, 0) is 11.4 Å². The standard InChI is InChI=1S/C8H6N2O2/c9-5-7-1-3-8(4-2-7)6-12-10-11/h1-4H,6H2. The fourth-order valence-electron chi connectivity index (χ4n) is 0.776. The van der Waals surface area contributed by atoms with Gasteiger partial charge in [-0.25, -0.2) is 0 Å². The van der Waals surface area contributed by atoms with Crippen LogP contribution < -0.4 is 0 Å². The molecule has 0 saturated heterocycles. The van der Waals surface area contributed by atoms with Gasteiger partial charge in [0.05, 0.1) is 11.6 Å². The van der Waals surface area contributed by atoms with Crippen molar-refractivity contribution in [2.45, 2.75) is 6.61 Å². The summed E-state index contributed by atoms with van der Waals surface area (Å²) < 4.78 is 0. The van der Waals surface area contributed by atoms with Crippen LogP contribution in [0, 0.1) is 16.2 Å². The quantitative estimate of drug-likeness (QED) is 0.502. The number of hydrogen-bond acceptors (Lipinski definition) is 4. The maximum atomic E-state index is 9.58. The summed E-state index contributed by atoms with van der Waals surface area (Å²) in [5, 5.41) is 10.7. The van der Waals surface area contributed by atoms with E-state index in [1.807, 2.05) is 6.07 Å². The molecule has 0 fully saturated rings. The van der Waals surface area contributed by atoms with Crippen LogP contribution >= 0.6 is 0 Å². The smallest absolute Gasteiger partial charge is 0.155 e. The van der Waals surface area contributed by atoms with Crippen molar-refractivity contribution in [3.05, 3.63) is 40.3 Å². The first-order chi connectivity index (χ1) is 5.86. The summed E-state index contributed by atoms with van der Waals surface area (Å²) >= 11 is 0. The Bertz CT molecular complexity index is 300. The van der Waals surface area contributed by atoms with Crippen LogP contribution in [0.2, 0.25) is 0 Å². The van der Waals surface area contributed by atoms with Gasteiger partial charge in [-0.1, -0.05) is 12.1 Å². The fourth-order valence-corrected chi connectivity index (χ4v) is 0.776. The van der Waals surface area contributed by atoms with E-state index in [1.54, 1.807) is 24.3 Å². The second-order valence-electron chi connectivity index (χ2n) is 2.16. The highest BCUT2D eigenvalue weighted by Crippen LogP contribution is 2.04. The van der Waals surface area contributed by atoms with Crippen molar-refractivity contribution in [2.75, 3.05) is 0 Å². The van der Waals surface area contributed by atoms with Crippen molar-refractivity contribution < 1.29 is 4.84 Å². The fraction of sp³-hybridized carbons (Fsp3) is 0.125. The summed E-state index contributed by atoms with van der Waals surface area (Å²) in [5.41, 5.74) is 1.39. The normalized spacial score (nSPS) is 8.58. The Morgan fingerprint density at radius 2 is 2.08 bits per heavy atom. The number of nitriles is 1. The molecule has 12 heavy (non-hydrogen) atoms. The van der Waals surface area contributed by atoms with E-state index in [9.17, 15) is 4.91 Å². The average Bonchev–Trinajstić information content (AvgIpc) is 2.15. The van der Waals surface area contributed by atoms with Gasteiger partial charge >= 0.3 is 0 Å². The molecule has 4 nitrogen and oxygen atoms in total. The first-order valence-corrected chi connectivity index (χ1v) is 3.30. The van der Waals surface area contributed by atoms with E-state index in [0.29, 0.717) is 5.56 Å². The Kier molecular flexibility index (Phi) is 2.79. The third kappa shape index (κ3) is 2.06. The van der Waals surface area contributed by atoms with Crippen LogP contribution in [0.3, 0.4) is 0 Å². The minimum Gasteiger partial charge on any atom is -0.359 e. The lowest BCUT2D eigenvalue weighted by Gasteiger charge is -1.95. The summed E-state index contributed by atoms with van der Waals surface area (Å²) in [4.78, 5) is 13.9. The van der Waals surface area contributed by atoms with Gasteiger partial charge in [-0.3, -0.25) is 0 Å². The van der Waals surface area contributed by atoms with Gasteiger partial charge in [-0.2, -0.15) is 5.26 Å². The van der Waals surface area contributed by atoms with Crippen molar-refractivity contribution in [1.82, 2.24) is 0 Å². The molecular weight excluding hydrogens is 156 g/mol. The molecule has 1 rings (SSSR count). The van der Waals surface area contributed by atoms with Gasteiger partial charge in [-0.05, 0) is 17.7 Å². The third-order valence-corrected chi connectivity index (χ3v) is 1.37. The van der Waals surface area contributed by atoms with Gasteiger partial charge < -0.3 is 4.84 Å². The van der Waals surface area contributed by atoms with Gasteiger partial charge in [0.1, 0.15) is 6.61 Å². The molecule has 4 heteroatoms. The molecule has 0 bridgehead atoms. The highest BCUT2D eigenvalue weighted by molar-refractivity contribution is 5.31. The monoisotopic (exact) mass is 162 g/mol. The van der Waals surface area contributed by atoms with Crippen molar-refractivity contribution in [3.63, 3.8) is 0 Å². The predicted molar refractivity (Wildman–Crippen MR) is 41.7 cm³/mol. The average molecular weight is 162 g/mol. The van der Waals surface area contributed by atoms with E-state index in [4.69, 9.17) is 5.26 Å². The molecule has 60 valence electrons. The lowest BCUT2D eigenvalue weighted by molar-refractivity contribution is 0.126. The number of hydrogen-bond donors (Lipinski definition) is 0. The molecule has 0 aromatic heterocycles. The first-order valence-electron chi connectivity index (χ1n) is 3.30. The van der Waals surface area contributed by atoms with Crippen molar-refractivity contribution in [1.29, 1.82) is 5.26 Å². The molecule has 0 aliphatic rings. The van der Waals surface area contributed by atoms with Crippen LogP contribution in [0.5, 0.6) is 0 Å². The van der Waals surface area contributed by atoms with E-state index in [1.165, 1.54) is 0 Å². The van der Waals surface area contributed by atoms with Gasteiger partial charge in [-0.15, -0.1) is 4.91 Å². The van der Waals surface area contributed by atoms with Crippen LogP contribution in [0.25, 0.3) is 0 Å². The molecule has 0 unspecified atom stereocenters. The second-order valence-corrected chi connectivity index (χ2v) is 2.16. The SMILES string of the molecule is N#Cc1ccc(CON=O)cc1. The van der Waals surface area contributed by atoms with Crippen LogP contribution in [0.1, 0.15) is 11.1 Å². The molecule has 0 saturated carbocycles. The molecule has 0 N–H and O–H groups in total. The van der Waals surface area contributed by atoms with Crippen molar-refractivity contribution in [2.24, 2.45) is 5.34 Å². The lowest BCUT2D eigenvalue weighted by atomic mass is 10.2. The molecule has 0 amide bonds. The minimum atomic E-state index is 0.148. The molecular formula is C8H6N2O2. The highest BCUT2D eigenvalue weighted by Gasteiger charge is 1.93. The largest absolute Gasteiger partial charge is 0.359 e. The molecule has 0 radical (unpaired) electrons. The third-order valence-electron chi connectivity index (χ3n) is 1.37. The van der Waals surface area contributed by atoms with Gasteiger partial charge in [0.2, 0.25) is 0 Å². The van der Waals surface area contributed by atoms with E-state index < -0.39 is 0 Å². The summed E-state index contributed by atoms with van der Waals surface area (Å²) in [7, 11) is 0. The Morgan fingerprint density at radius 1 is 1.42 bits per heavy atom. The molecule has 1 aromatic rings. The van der Waals surface area contributed by atoms with Crippen LogP contribution in [0.4, 0.5) is 0 Å². The number of benzene rings is 1. The van der Waals surface area contributed by atoms with Crippen LogP contribution in [-0.4, -0.2) is 0 Å². The predicted octanol–water partition coefficient (Wildman–Crippen LogP) is 1.76. The lowest BCUT2D eigenvalue weighted by Crippen LogP contribution is -1.85. The Hall–Kier alpha value is -1.89. The highest BCUT2D eigenvalue weighted by atomic mass is 16.7. The number of nitrogens with zero attached hydrogens (tertiary/aromatic N) is 2. The summed E-state index contributed by atoms with van der Waals surface area (Å²) in [6, 6.07) is 8.72. The van der Waals surface area contributed by atoms with Gasteiger partial charge in [0.15, 0.2) is 5.34 Å². The van der Waals surface area contributed by atoms with E-state index in [-0.39, 0.29) is 6.61 Å². The maximum absolute atomic E-state index is 9.58. The maximum Gasteiger partial charge on any atom is 0.155 e. The summed E-state index contributed by atoms with van der Waals surface area (Å²) in [5.74, 6) is 0. The molecule has 0 spiro atoms. The second kappa shape index (κ2) is 4.09. The molecule has 0 atom stereocenters. The van der Waals surface area contributed by atoms with Gasteiger partial charge in [0, 0.05) is 0 Å². The molecule has 0 aliphatic heterocycles.